The fourth-order valence-electron chi connectivity index (χ4n) is 3.42. The molecule has 5 nitrogen and oxygen atoms in total. The van der Waals surface area contributed by atoms with Gasteiger partial charge in [-0.1, -0.05) is 12.8 Å². The number of amides is 2. The van der Waals surface area contributed by atoms with Gasteiger partial charge in [-0.3, -0.25) is 9.59 Å². The predicted octanol–water partition coefficient (Wildman–Crippen LogP) is 1.36. The highest BCUT2D eigenvalue weighted by atomic mass is 35.5. The van der Waals surface area contributed by atoms with Crippen LogP contribution in [0.5, 0.6) is 0 Å². The van der Waals surface area contributed by atoms with Crippen LogP contribution >= 0.6 is 12.4 Å². The standard InChI is InChI=1S/C15H27N3O2.ClH/c1-10-13(8-5-9-16-10)18-15(20)14(17-11(2)19)12-6-3-4-7-12;/h10,12-14,16H,3-9H2,1-2H3,(H,17,19)(H,18,20);1H. The zero-order chi connectivity index (χ0) is 14.5. The van der Waals surface area contributed by atoms with Crippen LogP contribution in [-0.4, -0.2) is 36.5 Å². The molecule has 3 atom stereocenters. The molecule has 21 heavy (non-hydrogen) atoms. The average Bonchev–Trinajstić information content (AvgIpc) is 2.92. The van der Waals surface area contributed by atoms with Gasteiger partial charge in [-0.2, -0.15) is 0 Å². The van der Waals surface area contributed by atoms with Crippen molar-refractivity contribution in [3.63, 3.8) is 0 Å². The van der Waals surface area contributed by atoms with E-state index in [2.05, 4.69) is 22.9 Å². The van der Waals surface area contributed by atoms with Crippen LogP contribution < -0.4 is 16.0 Å². The third kappa shape index (κ3) is 5.15. The van der Waals surface area contributed by atoms with Crippen molar-refractivity contribution in [2.75, 3.05) is 6.54 Å². The fraction of sp³-hybridized carbons (Fsp3) is 0.867. The third-order valence-electron chi connectivity index (χ3n) is 4.60. The average molecular weight is 318 g/mol. The van der Waals surface area contributed by atoms with Crippen LogP contribution in [0.25, 0.3) is 0 Å². The summed E-state index contributed by atoms with van der Waals surface area (Å²) >= 11 is 0. The van der Waals surface area contributed by atoms with Gasteiger partial charge in [-0.05, 0) is 45.1 Å². The summed E-state index contributed by atoms with van der Waals surface area (Å²) in [6.45, 7) is 4.61. The smallest absolute Gasteiger partial charge is 0.243 e. The van der Waals surface area contributed by atoms with Crippen LogP contribution in [0.15, 0.2) is 0 Å². The Hall–Kier alpha value is -0.810. The van der Waals surface area contributed by atoms with Gasteiger partial charge >= 0.3 is 0 Å². The number of carbonyl (C=O) groups excluding carboxylic acids is 2. The molecule has 0 spiro atoms. The van der Waals surface area contributed by atoms with Crippen molar-refractivity contribution in [1.82, 2.24) is 16.0 Å². The van der Waals surface area contributed by atoms with Crippen LogP contribution in [-0.2, 0) is 9.59 Å². The highest BCUT2D eigenvalue weighted by molar-refractivity contribution is 5.87. The van der Waals surface area contributed by atoms with Gasteiger partial charge in [0.25, 0.3) is 0 Å². The second kappa shape index (κ2) is 8.59. The number of rotatable bonds is 4. The lowest BCUT2D eigenvalue weighted by Gasteiger charge is -2.33. The largest absolute Gasteiger partial charge is 0.350 e. The molecule has 122 valence electrons. The number of nitrogens with one attached hydrogen (secondary N) is 3. The summed E-state index contributed by atoms with van der Waals surface area (Å²) in [5.74, 6) is 0.172. The SMILES string of the molecule is CC(=O)NC(C(=O)NC1CCCNC1C)C1CCCC1.Cl. The molecular weight excluding hydrogens is 290 g/mol. The molecule has 0 radical (unpaired) electrons. The molecule has 0 bridgehead atoms. The maximum Gasteiger partial charge on any atom is 0.243 e. The highest BCUT2D eigenvalue weighted by Crippen LogP contribution is 2.28. The summed E-state index contributed by atoms with van der Waals surface area (Å²) in [6, 6.07) is 0.118. The van der Waals surface area contributed by atoms with E-state index in [1.807, 2.05) is 0 Å². The molecule has 2 amide bonds. The van der Waals surface area contributed by atoms with Crippen molar-refractivity contribution < 1.29 is 9.59 Å². The Bertz CT molecular complexity index is 359. The molecule has 0 aromatic carbocycles. The van der Waals surface area contributed by atoms with Crippen molar-refractivity contribution in [2.24, 2.45) is 5.92 Å². The lowest BCUT2D eigenvalue weighted by molar-refractivity contribution is -0.130. The lowest BCUT2D eigenvalue weighted by Crippen LogP contribution is -2.57. The molecular formula is C15H28ClN3O2. The van der Waals surface area contributed by atoms with Crippen molar-refractivity contribution >= 4 is 24.2 Å². The Morgan fingerprint density at radius 1 is 1.14 bits per heavy atom. The summed E-state index contributed by atoms with van der Waals surface area (Å²) in [7, 11) is 0. The number of piperidine rings is 1. The summed E-state index contributed by atoms with van der Waals surface area (Å²) in [5.41, 5.74) is 0. The predicted molar refractivity (Wildman–Crippen MR) is 85.4 cm³/mol. The van der Waals surface area contributed by atoms with E-state index in [1.165, 1.54) is 6.92 Å². The van der Waals surface area contributed by atoms with Crippen molar-refractivity contribution in [3.8, 4) is 0 Å². The molecule has 2 fully saturated rings. The van der Waals surface area contributed by atoms with Crippen molar-refractivity contribution in [1.29, 1.82) is 0 Å². The highest BCUT2D eigenvalue weighted by Gasteiger charge is 2.33. The molecule has 2 aliphatic rings. The lowest BCUT2D eigenvalue weighted by atomic mass is 9.95. The van der Waals surface area contributed by atoms with Gasteiger partial charge in [0.2, 0.25) is 11.8 Å². The van der Waals surface area contributed by atoms with Gasteiger partial charge in [0.1, 0.15) is 6.04 Å². The topological polar surface area (TPSA) is 70.2 Å². The molecule has 1 saturated carbocycles. The summed E-state index contributed by atoms with van der Waals surface area (Å²) in [6.07, 6.45) is 6.50. The first kappa shape index (κ1) is 18.2. The van der Waals surface area contributed by atoms with E-state index in [-0.39, 0.29) is 36.3 Å². The number of carbonyl (C=O) groups is 2. The molecule has 1 aliphatic carbocycles. The maximum absolute atomic E-state index is 12.5. The van der Waals surface area contributed by atoms with Gasteiger partial charge in [-0.25, -0.2) is 0 Å². The number of hydrogen-bond donors (Lipinski definition) is 3. The quantitative estimate of drug-likeness (QED) is 0.733. The van der Waals surface area contributed by atoms with E-state index >= 15 is 0 Å². The molecule has 3 unspecified atom stereocenters. The second-order valence-electron chi connectivity index (χ2n) is 6.22. The van der Waals surface area contributed by atoms with E-state index in [0.29, 0.717) is 12.0 Å². The van der Waals surface area contributed by atoms with Gasteiger partial charge in [0.05, 0.1) is 0 Å². The van der Waals surface area contributed by atoms with E-state index in [1.54, 1.807) is 0 Å². The molecule has 2 rings (SSSR count). The van der Waals surface area contributed by atoms with Crippen molar-refractivity contribution in [3.05, 3.63) is 0 Å². The van der Waals surface area contributed by atoms with Crippen molar-refractivity contribution in [2.45, 2.75) is 70.5 Å². The van der Waals surface area contributed by atoms with Gasteiger partial charge in [0, 0.05) is 19.0 Å². The zero-order valence-corrected chi connectivity index (χ0v) is 13.8. The Morgan fingerprint density at radius 2 is 1.81 bits per heavy atom. The van der Waals surface area contributed by atoms with E-state index < -0.39 is 0 Å². The monoisotopic (exact) mass is 317 g/mol. The minimum atomic E-state index is -0.357. The van der Waals surface area contributed by atoms with Crippen LogP contribution in [0.3, 0.4) is 0 Å². The summed E-state index contributed by atoms with van der Waals surface area (Å²) in [4.78, 5) is 23.9. The summed E-state index contributed by atoms with van der Waals surface area (Å²) in [5, 5.41) is 9.37. The molecule has 3 N–H and O–H groups in total. The Morgan fingerprint density at radius 3 is 2.38 bits per heavy atom. The van der Waals surface area contributed by atoms with Gasteiger partial charge in [-0.15, -0.1) is 12.4 Å². The van der Waals surface area contributed by atoms with E-state index in [9.17, 15) is 9.59 Å². The Kier molecular flexibility index (Phi) is 7.46. The molecule has 0 aromatic heterocycles. The van der Waals surface area contributed by atoms with Crippen LogP contribution in [0.1, 0.15) is 52.4 Å². The number of halogens is 1. The fourth-order valence-corrected chi connectivity index (χ4v) is 3.42. The molecule has 1 aliphatic heterocycles. The Labute approximate surface area is 133 Å². The maximum atomic E-state index is 12.5. The van der Waals surface area contributed by atoms with Crippen LogP contribution in [0.2, 0.25) is 0 Å². The van der Waals surface area contributed by atoms with Crippen LogP contribution in [0.4, 0.5) is 0 Å². The Balaban J connectivity index is 0.00000220. The van der Waals surface area contributed by atoms with E-state index in [4.69, 9.17) is 0 Å². The van der Waals surface area contributed by atoms with Crippen LogP contribution in [0, 0.1) is 5.92 Å². The molecule has 1 saturated heterocycles. The first-order valence-electron chi connectivity index (χ1n) is 7.89. The van der Waals surface area contributed by atoms with E-state index in [0.717, 1.165) is 45.1 Å². The minimum absolute atomic E-state index is 0. The normalized spacial score (nSPS) is 27.5. The summed E-state index contributed by atoms with van der Waals surface area (Å²) < 4.78 is 0. The first-order chi connectivity index (χ1) is 9.58. The number of hydrogen-bond acceptors (Lipinski definition) is 3. The second-order valence-corrected chi connectivity index (χ2v) is 6.22. The molecule has 0 aromatic rings. The van der Waals surface area contributed by atoms with Gasteiger partial charge < -0.3 is 16.0 Å². The zero-order valence-electron chi connectivity index (χ0n) is 13.0. The molecule has 1 heterocycles. The van der Waals surface area contributed by atoms with Gasteiger partial charge in [0.15, 0.2) is 0 Å². The third-order valence-corrected chi connectivity index (χ3v) is 4.60. The minimum Gasteiger partial charge on any atom is -0.350 e. The molecule has 6 heteroatoms. The first-order valence-corrected chi connectivity index (χ1v) is 7.89.